The van der Waals surface area contributed by atoms with Crippen molar-refractivity contribution >= 4 is 17.5 Å². The summed E-state index contributed by atoms with van der Waals surface area (Å²) in [5.41, 5.74) is 2.21. The smallest absolute Gasteiger partial charge is 0.247 e. The Hall–Kier alpha value is -2.17. The molecule has 0 radical (unpaired) electrons. The van der Waals surface area contributed by atoms with Gasteiger partial charge < -0.3 is 10.2 Å². The summed E-state index contributed by atoms with van der Waals surface area (Å²) < 4.78 is 0. The molecule has 0 amide bonds. The summed E-state index contributed by atoms with van der Waals surface area (Å²) in [6.45, 7) is 7.95. The van der Waals surface area contributed by atoms with E-state index in [2.05, 4.69) is 58.3 Å². The first-order chi connectivity index (χ1) is 9.22. The Morgan fingerprint density at radius 3 is 2.68 bits per heavy atom. The quantitative estimate of drug-likeness (QED) is 0.892. The fraction of sp³-hybridized carbons (Fsp3) is 0.357. The molecule has 0 atom stereocenters. The molecule has 2 aromatic rings. The number of benzene rings is 1. The van der Waals surface area contributed by atoms with Gasteiger partial charge in [-0.2, -0.15) is 10.1 Å². The first kappa shape index (κ1) is 13.3. The summed E-state index contributed by atoms with van der Waals surface area (Å²) in [7, 11) is 0. The SMILES string of the molecule is CCN(CC)c1nncc(Nc2cccc(C)c2)n1. The van der Waals surface area contributed by atoms with Crippen LogP contribution in [-0.4, -0.2) is 28.3 Å². The summed E-state index contributed by atoms with van der Waals surface area (Å²) >= 11 is 0. The number of aryl methyl sites for hydroxylation is 1. The third-order valence-corrected chi connectivity index (χ3v) is 2.88. The topological polar surface area (TPSA) is 53.9 Å². The van der Waals surface area contributed by atoms with Crippen LogP contribution in [0.1, 0.15) is 19.4 Å². The molecule has 0 unspecified atom stereocenters. The molecule has 0 aliphatic rings. The van der Waals surface area contributed by atoms with Crippen LogP contribution >= 0.6 is 0 Å². The molecule has 0 fully saturated rings. The molecule has 0 spiro atoms. The largest absolute Gasteiger partial charge is 0.340 e. The molecule has 1 aromatic carbocycles. The predicted molar refractivity (Wildman–Crippen MR) is 77.8 cm³/mol. The zero-order chi connectivity index (χ0) is 13.7. The molecule has 0 aliphatic carbocycles. The molecule has 0 bridgehead atoms. The molecule has 2 rings (SSSR count). The van der Waals surface area contributed by atoms with Gasteiger partial charge >= 0.3 is 0 Å². The molecular weight excluding hydrogens is 238 g/mol. The Morgan fingerprint density at radius 2 is 2.00 bits per heavy atom. The summed E-state index contributed by atoms with van der Waals surface area (Å²) in [6, 6.07) is 8.15. The van der Waals surface area contributed by atoms with E-state index in [1.165, 1.54) is 5.56 Å². The lowest BCUT2D eigenvalue weighted by atomic mass is 10.2. The van der Waals surface area contributed by atoms with Gasteiger partial charge in [0.25, 0.3) is 0 Å². The Morgan fingerprint density at radius 1 is 1.21 bits per heavy atom. The highest BCUT2D eigenvalue weighted by atomic mass is 15.3. The van der Waals surface area contributed by atoms with Crippen LogP contribution < -0.4 is 10.2 Å². The van der Waals surface area contributed by atoms with Crippen molar-refractivity contribution in [3.05, 3.63) is 36.0 Å². The van der Waals surface area contributed by atoms with Gasteiger partial charge in [0.1, 0.15) is 0 Å². The van der Waals surface area contributed by atoms with Crippen molar-refractivity contribution in [1.29, 1.82) is 0 Å². The van der Waals surface area contributed by atoms with Crippen molar-refractivity contribution in [3.8, 4) is 0 Å². The van der Waals surface area contributed by atoms with Crippen molar-refractivity contribution in [2.75, 3.05) is 23.3 Å². The second kappa shape index (κ2) is 6.13. The van der Waals surface area contributed by atoms with E-state index in [4.69, 9.17) is 0 Å². The lowest BCUT2D eigenvalue weighted by Gasteiger charge is -2.18. The van der Waals surface area contributed by atoms with Crippen LogP contribution in [-0.2, 0) is 0 Å². The minimum Gasteiger partial charge on any atom is -0.340 e. The Bertz CT molecular complexity index is 537. The van der Waals surface area contributed by atoms with Crippen LogP contribution in [0.25, 0.3) is 0 Å². The van der Waals surface area contributed by atoms with Gasteiger partial charge in [-0.05, 0) is 38.5 Å². The van der Waals surface area contributed by atoms with Gasteiger partial charge in [0.05, 0.1) is 6.20 Å². The van der Waals surface area contributed by atoms with Crippen LogP contribution in [0.5, 0.6) is 0 Å². The summed E-state index contributed by atoms with van der Waals surface area (Å²) in [4.78, 5) is 6.54. The van der Waals surface area contributed by atoms with E-state index < -0.39 is 0 Å². The average Bonchev–Trinajstić information content (AvgIpc) is 2.41. The van der Waals surface area contributed by atoms with Crippen molar-refractivity contribution in [2.45, 2.75) is 20.8 Å². The zero-order valence-corrected chi connectivity index (χ0v) is 11.6. The van der Waals surface area contributed by atoms with Crippen LogP contribution in [0.3, 0.4) is 0 Å². The van der Waals surface area contributed by atoms with E-state index in [1.807, 2.05) is 12.1 Å². The third-order valence-electron chi connectivity index (χ3n) is 2.88. The van der Waals surface area contributed by atoms with E-state index in [-0.39, 0.29) is 0 Å². The zero-order valence-electron chi connectivity index (χ0n) is 11.6. The predicted octanol–water partition coefficient (Wildman–Crippen LogP) is 2.77. The summed E-state index contributed by atoms with van der Waals surface area (Å²) in [6.07, 6.45) is 1.63. The second-order valence-corrected chi connectivity index (χ2v) is 4.31. The monoisotopic (exact) mass is 257 g/mol. The maximum atomic E-state index is 4.48. The van der Waals surface area contributed by atoms with Crippen molar-refractivity contribution in [1.82, 2.24) is 15.2 Å². The average molecular weight is 257 g/mol. The number of rotatable bonds is 5. The number of anilines is 3. The first-order valence-corrected chi connectivity index (χ1v) is 6.51. The van der Waals surface area contributed by atoms with Crippen LogP contribution in [0, 0.1) is 6.92 Å². The molecule has 0 saturated heterocycles. The van der Waals surface area contributed by atoms with Gasteiger partial charge in [-0.25, -0.2) is 0 Å². The Balaban J connectivity index is 2.19. The van der Waals surface area contributed by atoms with E-state index in [1.54, 1.807) is 6.20 Å². The van der Waals surface area contributed by atoms with Gasteiger partial charge in [-0.1, -0.05) is 12.1 Å². The van der Waals surface area contributed by atoms with E-state index in [0.717, 1.165) is 18.8 Å². The summed E-state index contributed by atoms with van der Waals surface area (Å²) in [5, 5.41) is 11.3. The fourth-order valence-electron chi connectivity index (χ4n) is 1.87. The van der Waals surface area contributed by atoms with Gasteiger partial charge in [0.15, 0.2) is 5.82 Å². The highest BCUT2D eigenvalue weighted by Crippen LogP contribution is 2.16. The molecule has 19 heavy (non-hydrogen) atoms. The molecule has 5 nitrogen and oxygen atoms in total. The van der Waals surface area contributed by atoms with E-state index in [0.29, 0.717) is 11.8 Å². The number of nitrogens with zero attached hydrogens (tertiary/aromatic N) is 4. The molecule has 0 saturated carbocycles. The number of hydrogen-bond acceptors (Lipinski definition) is 5. The minimum absolute atomic E-state index is 0.655. The van der Waals surface area contributed by atoms with Gasteiger partial charge in [0, 0.05) is 18.8 Å². The number of nitrogens with one attached hydrogen (secondary N) is 1. The number of aromatic nitrogens is 3. The molecule has 1 heterocycles. The van der Waals surface area contributed by atoms with Crippen LogP contribution in [0.2, 0.25) is 0 Å². The van der Waals surface area contributed by atoms with E-state index >= 15 is 0 Å². The third kappa shape index (κ3) is 3.40. The molecule has 5 heteroatoms. The molecule has 1 aromatic heterocycles. The van der Waals surface area contributed by atoms with Gasteiger partial charge in [-0.3, -0.25) is 0 Å². The van der Waals surface area contributed by atoms with Crippen LogP contribution in [0.4, 0.5) is 17.5 Å². The Labute approximate surface area is 113 Å². The Kier molecular flexibility index (Phi) is 4.28. The lowest BCUT2D eigenvalue weighted by molar-refractivity contribution is 0.796. The lowest BCUT2D eigenvalue weighted by Crippen LogP contribution is -2.24. The molecule has 100 valence electrons. The van der Waals surface area contributed by atoms with Gasteiger partial charge in [-0.15, -0.1) is 5.10 Å². The van der Waals surface area contributed by atoms with E-state index in [9.17, 15) is 0 Å². The highest BCUT2D eigenvalue weighted by molar-refractivity contribution is 5.57. The standard InChI is InChI=1S/C14H19N5/c1-4-19(5-2)14-17-13(10-15-18-14)16-12-8-6-7-11(3)9-12/h6-10H,4-5H2,1-3H3,(H,16,17,18). The van der Waals surface area contributed by atoms with Gasteiger partial charge in [0.2, 0.25) is 5.95 Å². The molecular formula is C14H19N5. The van der Waals surface area contributed by atoms with Crippen molar-refractivity contribution < 1.29 is 0 Å². The van der Waals surface area contributed by atoms with Crippen molar-refractivity contribution in [2.24, 2.45) is 0 Å². The number of hydrogen-bond donors (Lipinski definition) is 1. The normalized spacial score (nSPS) is 10.3. The van der Waals surface area contributed by atoms with Crippen LogP contribution in [0.15, 0.2) is 30.5 Å². The maximum Gasteiger partial charge on any atom is 0.247 e. The second-order valence-electron chi connectivity index (χ2n) is 4.31. The van der Waals surface area contributed by atoms with Crippen molar-refractivity contribution in [3.63, 3.8) is 0 Å². The maximum absolute atomic E-state index is 4.48. The molecule has 0 aliphatic heterocycles. The molecule has 1 N–H and O–H groups in total. The first-order valence-electron chi connectivity index (χ1n) is 6.51. The fourth-order valence-corrected chi connectivity index (χ4v) is 1.87. The minimum atomic E-state index is 0.655. The highest BCUT2D eigenvalue weighted by Gasteiger charge is 2.07. The summed E-state index contributed by atoms with van der Waals surface area (Å²) in [5.74, 6) is 1.37.